The van der Waals surface area contributed by atoms with Crippen molar-refractivity contribution in [3.8, 4) is 0 Å². The van der Waals surface area contributed by atoms with E-state index in [4.69, 9.17) is 9.72 Å². The van der Waals surface area contributed by atoms with Gasteiger partial charge in [0.15, 0.2) is 5.65 Å². The van der Waals surface area contributed by atoms with Crippen molar-refractivity contribution < 1.29 is 14.3 Å². The number of aromatic nitrogens is 3. The SMILES string of the molecule is CCCCn1c(NC(C)=O)c(C(=O)OCC)c2nc3ccccc3nc21. The lowest BCUT2D eigenvalue weighted by Gasteiger charge is -2.11. The molecule has 2 heterocycles. The minimum Gasteiger partial charge on any atom is -0.462 e. The number of rotatable bonds is 6. The number of ether oxygens (including phenoxy) is 1. The third-order valence-corrected chi connectivity index (χ3v) is 4.06. The summed E-state index contributed by atoms with van der Waals surface area (Å²) in [5.41, 5.74) is 2.70. The third-order valence-electron chi connectivity index (χ3n) is 4.06. The van der Waals surface area contributed by atoms with E-state index in [9.17, 15) is 9.59 Å². The van der Waals surface area contributed by atoms with Crippen LogP contribution in [0.15, 0.2) is 24.3 Å². The fourth-order valence-corrected chi connectivity index (χ4v) is 2.93. The fourth-order valence-electron chi connectivity index (χ4n) is 2.93. The van der Waals surface area contributed by atoms with Gasteiger partial charge in [-0.2, -0.15) is 0 Å². The molecule has 136 valence electrons. The molecule has 0 fully saturated rings. The first-order chi connectivity index (χ1) is 12.6. The topological polar surface area (TPSA) is 86.1 Å². The van der Waals surface area contributed by atoms with E-state index in [-0.39, 0.29) is 18.1 Å². The number of fused-ring (bicyclic) bond motifs is 2. The predicted molar refractivity (Wildman–Crippen MR) is 100 cm³/mol. The second-order valence-electron chi connectivity index (χ2n) is 6.01. The molecule has 0 aliphatic heterocycles. The van der Waals surface area contributed by atoms with Crippen LogP contribution in [0.3, 0.4) is 0 Å². The summed E-state index contributed by atoms with van der Waals surface area (Å²) in [6.07, 6.45) is 1.85. The highest BCUT2D eigenvalue weighted by Crippen LogP contribution is 2.31. The molecule has 26 heavy (non-hydrogen) atoms. The first-order valence-corrected chi connectivity index (χ1v) is 8.80. The molecule has 1 aromatic carbocycles. The van der Waals surface area contributed by atoms with Gasteiger partial charge >= 0.3 is 5.97 Å². The van der Waals surface area contributed by atoms with Crippen LogP contribution in [0.2, 0.25) is 0 Å². The molecule has 0 aliphatic rings. The van der Waals surface area contributed by atoms with Crippen molar-refractivity contribution in [1.29, 1.82) is 0 Å². The van der Waals surface area contributed by atoms with Gasteiger partial charge in [0.1, 0.15) is 16.9 Å². The zero-order valence-corrected chi connectivity index (χ0v) is 15.2. The van der Waals surface area contributed by atoms with Crippen LogP contribution in [0.5, 0.6) is 0 Å². The minimum atomic E-state index is -0.513. The molecule has 1 amide bonds. The van der Waals surface area contributed by atoms with Crippen LogP contribution < -0.4 is 5.32 Å². The molecule has 7 nitrogen and oxygen atoms in total. The summed E-state index contributed by atoms with van der Waals surface area (Å²) in [6, 6.07) is 7.48. The van der Waals surface area contributed by atoms with E-state index < -0.39 is 5.97 Å². The quantitative estimate of drug-likeness (QED) is 0.685. The molecule has 0 atom stereocenters. The molecule has 1 N–H and O–H groups in total. The van der Waals surface area contributed by atoms with Crippen LogP contribution in [-0.2, 0) is 16.1 Å². The van der Waals surface area contributed by atoms with Crippen molar-refractivity contribution in [2.45, 2.75) is 40.2 Å². The smallest absolute Gasteiger partial charge is 0.344 e. The molecule has 0 saturated carbocycles. The maximum Gasteiger partial charge on any atom is 0.344 e. The van der Waals surface area contributed by atoms with Crippen molar-refractivity contribution in [3.05, 3.63) is 29.8 Å². The van der Waals surface area contributed by atoms with Crippen molar-refractivity contribution >= 4 is 39.9 Å². The number of hydrogen-bond acceptors (Lipinski definition) is 5. The lowest BCUT2D eigenvalue weighted by Crippen LogP contribution is -2.15. The Kier molecular flexibility index (Phi) is 5.16. The van der Waals surface area contributed by atoms with E-state index in [0.717, 1.165) is 18.4 Å². The Morgan fingerprint density at radius 1 is 1.15 bits per heavy atom. The van der Waals surface area contributed by atoms with E-state index in [1.165, 1.54) is 6.92 Å². The normalized spacial score (nSPS) is 11.0. The van der Waals surface area contributed by atoms with Crippen molar-refractivity contribution in [2.75, 3.05) is 11.9 Å². The van der Waals surface area contributed by atoms with Crippen LogP contribution in [0.1, 0.15) is 44.0 Å². The lowest BCUT2D eigenvalue weighted by atomic mass is 10.2. The molecule has 3 aromatic rings. The molecule has 2 aromatic heterocycles. The number of esters is 1. The maximum absolute atomic E-state index is 12.6. The zero-order chi connectivity index (χ0) is 18.7. The highest BCUT2D eigenvalue weighted by molar-refractivity contribution is 6.11. The van der Waals surface area contributed by atoms with E-state index in [1.54, 1.807) is 6.92 Å². The molecule has 3 rings (SSSR count). The Morgan fingerprint density at radius 3 is 2.46 bits per heavy atom. The second kappa shape index (κ2) is 7.51. The fraction of sp³-hybridized carbons (Fsp3) is 0.368. The molecular weight excluding hydrogens is 332 g/mol. The molecule has 0 spiro atoms. The number of nitrogens with one attached hydrogen (secondary N) is 1. The number of hydrogen-bond donors (Lipinski definition) is 1. The Bertz CT molecular complexity index is 978. The number of anilines is 1. The van der Waals surface area contributed by atoms with Crippen molar-refractivity contribution in [3.63, 3.8) is 0 Å². The molecular formula is C19H22N4O3. The first kappa shape index (κ1) is 17.8. The van der Waals surface area contributed by atoms with Gasteiger partial charge in [-0.05, 0) is 25.5 Å². The van der Waals surface area contributed by atoms with E-state index in [1.807, 2.05) is 28.8 Å². The van der Waals surface area contributed by atoms with Crippen LogP contribution in [0.4, 0.5) is 5.82 Å². The molecule has 0 saturated heterocycles. The minimum absolute atomic E-state index is 0.237. The van der Waals surface area contributed by atoms with E-state index >= 15 is 0 Å². The van der Waals surface area contributed by atoms with Crippen LogP contribution in [0, 0.1) is 0 Å². The summed E-state index contributed by atoms with van der Waals surface area (Å²) in [5.74, 6) is -0.378. The summed E-state index contributed by atoms with van der Waals surface area (Å²) in [5, 5.41) is 2.78. The number of carbonyl (C=O) groups is 2. The standard InChI is InChI=1S/C19H22N4O3/c1-4-6-11-23-17(20-12(3)24)15(19(25)26-5-2)16-18(23)22-14-10-8-7-9-13(14)21-16/h7-10H,4-6,11H2,1-3H3,(H,20,24). The summed E-state index contributed by atoms with van der Waals surface area (Å²) in [7, 11) is 0. The zero-order valence-electron chi connectivity index (χ0n) is 15.2. The van der Waals surface area contributed by atoms with Crippen LogP contribution in [0.25, 0.3) is 22.2 Å². The Labute approximate surface area is 151 Å². The molecule has 0 radical (unpaired) electrons. The lowest BCUT2D eigenvalue weighted by molar-refractivity contribution is -0.114. The second-order valence-corrected chi connectivity index (χ2v) is 6.01. The van der Waals surface area contributed by atoms with Gasteiger partial charge in [-0.1, -0.05) is 25.5 Å². The first-order valence-electron chi connectivity index (χ1n) is 8.80. The average Bonchev–Trinajstić information content (AvgIpc) is 2.89. The maximum atomic E-state index is 12.6. The van der Waals surface area contributed by atoms with Gasteiger partial charge in [-0.3, -0.25) is 4.79 Å². The van der Waals surface area contributed by atoms with Crippen LogP contribution >= 0.6 is 0 Å². The highest BCUT2D eigenvalue weighted by atomic mass is 16.5. The average molecular weight is 354 g/mol. The van der Waals surface area contributed by atoms with E-state index in [0.29, 0.717) is 29.0 Å². The van der Waals surface area contributed by atoms with Gasteiger partial charge in [0.2, 0.25) is 5.91 Å². The van der Waals surface area contributed by atoms with E-state index in [2.05, 4.69) is 17.2 Å². The number of amides is 1. The van der Waals surface area contributed by atoms with Gasteiger partial charge in [0.25, 0.3) is 0 Å². The Morgan fingerprint density at radius 2 is 1.85 bits per heavy atom. The third kappa shape index (κ3) is 3.24. The summed E-state index contributed by atoms with van der Waals surface area (Å²) >= 11 is 0. The van der Waals surface area contributed by atoms with Gasteiger partial charge in [-0.15, -0.1) is 0 Å². The van der Waals surface area contributed by atoms with Gasteiger partial charge in [0.05, 0.1) is 17.6 Å². The molecule has 7 heteroatoms. The van der Waals surface area contributed by atoms with Crippen molar-refractivity contribution in [1.82, 2.24) is 14.5 Å². The molecule has 0 bridgehead atoms. The monoisotopic (exact) mass is 354 g/mol. The Hall–Kier alpha value is -2.96. The predicted octanol–water partition coefficient (Wildman–Crippen LogP) is 3.52. The Balaban J connectivity index is 2.35. The number of unbranched alkanes of at least 4 members (excludes halogenated alkanes) is 1. The summed E-state index contributed by atoms with van der Waals surface area (Å²) < 4.78 is 7.07. The highest BCUT2D eigenvalue weighted by Gasteiger charge is 2.27. The van der Waals surface area contributed by atoms with Gasteiger partial charge in [0, 0.05) is 13.5 Å². The molecule has 0 aliphatic carbocycles. The molecule has 0 unspecified atom stereocenters. The van der Waals surface area contributed by atoms with Crippen LogP contribution in [-0.4, -0.2) is 33.0 Å². The number of nitrogens with zero attached hydrogens (tertiary/aromatic N) is 3. The number of benzene rings is 1. The van der Waals surface area contributed by atoms with Gasteiger partial charge < -0.3 is 14.6 Å². The number of aryl methyl sites for hydroxylation is 1. The number of para-hydroxylation sites is 2. The van der Waals surface area contributed by atoms with Crippen molar-refractivity contribution in [2.24, 2.45) is 0 Å². The largest absolute Gasteiger partial charge is 0.462 e. The van der Waals surface area contributed by atoms with Gasteiger partial charge in [-0.25, -0.2) is 14.8 Å². The number of carbonyl (C=O) groups excluding carboxylic acids is 2. The summed E-state index contributed by atoms with van der Waals surface area (Å²) in [6.45, 7) is 6.09. The summed E-state index contributed by atoms with van der Waals surface area (Å²) in [4.78, 5) is 33.7.